The molecule has 0 saturated carbocycles. The highest BCUT2D eigenvalue weighted by atomic mass is 19.1. The summed E-state index contributed by atoms with van der Waals surface area (Å²) in [5.41, 5.74) is 2.01. The zero-order valence-corrected chi connectivity index (χ0v) is 17.4. The number of hydrogen-bond donors (Lipinski definition) is 1. The average molecular weight is 410 g/mol. The van der Waals surface area contributed by atoms with E-state index in [1.54, 1.807) is 24.3 Å². The molecule has 2 aliphatic rings. The molecule has 2 aromatic rings. The van der Waals surface area contributed by atoms with Gasteiger partial charge in [-0.05, 0) is 61.9 Å². The Bertz CT molecular complexity index is 932. The highest BCUT2D eigenvalue weighted by molar-refractivity contribution is 6.06. The lowest BCUT2D eigenvalue weighted by molar-refractivity contribution is 0.0793. The van der Waals surface area contributed by atoms with Gasteiger partial charge in [-0.2, -0.15) is 0 Å². The molecule has 2 saturated heterocycles. The minimum Gasteiger partial charge on any atom is -0.371 e. The second-order valence-electron chi connectivity index (χ2n) is 8.33. The van der Waals surface area contributed by atoms with E-state index < -0.39 is 11.7 Å². The molecule has 5 nitrogen and oxygen atoms in total. The number of carbonyl (C=O) groups excluding carboxylic acids is 2. The summed E-state index contributed by atoms with van der Waals surface area (Å²) < 4.78 is 14.0. The molecule has 2 aromatic carbocycles. The van der Waals surface area contributed by atoms with E-state index in [0.29, 0.717) is 17.2 Å². The SMILES string of the molecule is CC1CCN(c2ccc(NC(=O)c3ccccc3F)cc2C(=O)N2CCCC2)CC1. The molecule has 158 valence electrons. The molecule has 2 amide bonds. The Labute approximate surface area is 176 Å². The van der Waals surface area contributed by atoms with Gasteiger partial charge in [0.25, 0.3) is 11.8 Å². The molecular weight excluding hydrogens is 381 g/mol. The number of halogens is 1. The van der Waals surface area contributed by atoms with Gasteiger partial charge in [-0.3, -0.25) is 9.59 Å². The molecule has 1 N–H and O–H groups in total. The zero-order chi connectivity index (χ0) is 21.1. The Morgan fingerprint density at radius 3 is 2.37 bits per heavy atom. The summed E-state index contributed by atoms with van der Waals surface area (Å²) in [6.45, 7) is 5.63. The fourth-order valence-electron chi connectivity index (χ4n) is 4.24. The number of hydrogen-bond acceptors (Lipinski definition) is 3. The van der Waals surface area contributed by atoms with Gasteiger partial charge in [0.2, 0.25) is 0 Å². The third kappa shape index (κ3) is 4.32. The minimum absolute atomic E-state index is 0.00288. The molecule has 6 heteroatoms. The first kappa shape index (κ1) is 20.4. The van der Waals surface area contributed by atoms with Crippen molar-refractivity contribution >= 4 is 23.2 Å². The maximum absolute atomic E-state index is 14.0. The van der Waals surface area contributed by atoms with Crippen molar-refractivity contribution in [2.75, 3.05) is 36.4 Å². The first-order valence-electron chi connectivity index (χ1n) is 10.8. The van der Waals surface area contributed by atoms with E-state index in [9.17, 15) is 14.0 Å². The summed E-state index contributed by atoms with van der Waals surface area (Å²) >= 11 is 0. The van der Waals surface area contributed by atoms with E-state index >= 15 is 0 Å². The summed E-state index contributed by atoms with van der Waals surface area (Å²) in [6.07, 6.45) is 4.24. The van der Waals surface area contributed by atoms with Crippen molar-refractivity contribution in [2.45, 2.75) is 32.6 Å². The number of benzene rings is 2. The number of piperidine rings is 1. The van der Waals surface area contributed by atoms with Crippen molar-refractivity contribution in [3.63, 3.8) is 0 Å². The zero-order valence-electron chi connectivity index (χ0n) is 17.4. The topological polar surface area (TPSA) is 52.7 Å². The average Bonchev–Trinajstić information content (AvgIpc) is 3.29. The third-order valence-corrected chi connectivity index (χ3v) is 6.12. The maximum Gasteiger partial charge on any atom is 0.258 e. The molecule has 0 atom stereocenters. The van der Waals surface area contributed by atoms with Crippen molar-refractivity contribution in [3.8, 4) is 0 Å². The summed E-state index contributed by atoms with van der Waals surface area (Å²) in [7, 11) is 0. The van der Waals surface area contributed by atoms with E-state index in [1.165, 1.54) is 12.1 Å². The molecule has 0 aromatic heterocycles. The first-order chi connectivity index (χ1) is 14.5. The molecule has 0 radical (unpaired) electrons. The molecule has 0 spiro atoms. The number of likely N-dealkylation sites (tertiary alicyclic amines) is 1. The minimum atomic E-state index is -0.567. The van der Waals surface area contributed by atoms with Crippen molar-refractivity contribution in [1.29, 1.82) is 0 Å². The van der Waals surface area contributed by atoms with Gasteiger partial charge >= 0.3 is 0 Å². The van der Waals surface area contributed by atoms with Crippen molar-refractivity contribution in [3.05, 3.63) is 59.4 Å². The third-order valence-electron chi connectivity index (χ3n) is 6.12. The van der Waals surface area contributed by atoms with Crippen LogP contribution in [0.2, 0.25) is 0 Å². The molecule has 4 rings (SSSR count). The summed E-state index contributed by atoms with van der Waals surface area (Å²) in [6, 6.07) is 11.3. The van der Waals surface area contributed by atoms with Crippen molar-refractivity contribution < 1.29 is 14.0 Å². The normalized spacial score (nSPS) is 17.3. The van der Waals surface area contributed by atoms with Gasteiger partial charge < -0.3 is 15.1 Å². The Morgan fingerprint density at radius 1 is 0.967 bits per heavy atom. The second-order valence-corrected chi connectivity index (χ2v) is 8.33. The molecule has 0 bridgehead atoms. The van der Waals surface area contributed by atoms with Gasteiger partial charge in [0.05, 0.1) is 11.1 Å². The van der Waals surface area contributed by atoms with Crippen LogP contribution >= 0.6 is 0 Å². The molecule has 30 heavy (non-hydrogen) atoms. The number of nitrogens with zero attached hydrogens (tertiary/aromatic N) is 2. The second kappa shape index (κ2) is 8.86. The monoisotopic (exact) mass is 409 g/mol. The van der Waals surface area contributed by atoms with Crippen LogP contribution in [0.15, 0.2) is 42.5 Å². The van der Waals surface area contributed by atoms with Crippen LogP contribution in [0.3, 0.4) is 0 Å². The Morgan fingerprint density at radius 2 is 1.67 bits per heavy atom. The lowest BCUT2D eigenvalue weighted by atomic mass is 9.97. The summed E-state index contributed by atoms with van der Waals surface area (Å²) in [5, 5.41) is 2.75. The van der Waals surface area contributed by atoms with Crippen LogP contribution in [0.1, 0.15) is 53.3 Å². The quantitative estimate of drug-likeness (QED) is 0.806. The Hall–Kier alpha value is -2.89. The lowest BCUT2D eigenvalue weighted by Gasteiger charge is -2.34. The highest BCUT2D eigenvalue weighted by Gasteiger charge is 2.26. The number of carbonyl (C=O) groups is 2. The number of amides is 2. The van der Waals surface area contributed by atoms with Gasteiger partial charge in [-0.25, -0.2) is 4.39 Å². The van der Waals surface area contributed by atoms with E-state index in [1.807, 2.05) is 11.0 Å². The van der Waals surface area contributed by atoms with Crippen molar-refractivity contribution in [2.24, 2.45) is 5.92 Å². The molecular formula is C24H28FN3O2. The van der Waals surface area contributed by atoms with Crippen LogP contribution in [-0.2, 0) is 0 Å². The van der Waals surface area contributed by atoms with Gasteiger partial charge in [0, 0.05) is 37.6 Å². The summed E-state index contributed by atoms with van der Waals surface area (Å²) in [5.74, 6) is -0.393. The van der Waals surface area contributed by atoms with Crippen LogP contribution in [0, 0.1) is 11.7 Å². The summed E-state index contributed by atoms with van der Waals surface area (Å²) in [4.78, 5) is 30.0. The van der Waals surface area contributed by atoms with Gasteiger partial charge in [0.1, 0.15) is 5.82 Å². The predicted molar refractivity (Wildman–Crippen MR) is 117 cm³/mol. The lowest BCUT2D eigenvalue weighted by Crippen LogP contribution is -2.35. The highest BCUT2D eigenvalue weighted by Crippen LogP contribution is 2.30. The van der Waals surface area contributed by atoms with Crippen LogP contribution in [0.25, 0.3) is 0 Å². The molecule has 2 heterocycles. The van der Waals surface area contributed by atoms with E-state index in [0.717, 1.165) is 57.5 Å². The molecule has 0 aliphatic carbocycles. The van der Waals surface area contributed by atoms with Gasteiger partial charge in [-0.15, -0.1) is 0 Å². The molecule has 2 aliphatic heterocycles. The fourth-order valence-corrected chi connectivity index (χ4v) is 4.24. The predicted octanol–water partition coefficient (Wildman–Crippen LogP) is 4.55. The molecule has 0 unspecified atom stereocenters. The van der Waals surface area contributed by atoms with Crippen LogP contribution in [0.4, 0.5) is 15.8 Å². The Balaban J connectivity index is 1.62. The van der Waals surface area contributed by atoms with Crippen LogP contribution in [0.5, 0.6) is 0 Å². The van der Waals surface area contributed by atoms with Gasteiger partial charge in [-0.1, -0.05) is 19.1 Å². The number of rotatable bonds is 4. The van der Waals surface area contributed by atoms with Crippen molar-refractivity contribution in [1.82, 2.24) is 4.90 Å². The van der Waals surface area contributed by atoms with E-state index in [2.05, 4.69) is 17.1 Å². The fraction of sp³-hybridized carbons (Fsp3) is 0.417. The van der Waals surface area contributed by atoms with Crippen LogP contribution < -0.4 is 10.2 Å². The Kier molecular flexibility index (Phi) is 6.02. The maximum atomic E-state index is 14.0. The largest absolute Gasteiger partial charge is 0.371 e. The first-order valence-corrected chi connectivity index (χ1v) is 10.8. The molecule has 2 fully saturated rings. The van der Waals surface area contributed by atoms with E-state index in [-0.39, 0.29) is 11.5 Å². The number of anilines is 2. The number of nitrogens with one attached hydrogen (secondary N) is 1. The van der Waals surface area contributed by atoms with Crippen LogP contribution in [-0.4, -0.2) is 42.9 Å². The van der Waals surface area contributed by atoms with E-state index in [4.69, 9.17) is 0 Å². The van der Waals surface area contributed by atoms with Gasteiger partial charge in [0.15, 0.2) is 0 Å². The standard InChI is InChI=1S/C24H28FN3O2/c1-17-10-14-27(15-11-17)22-9-8-18(16-20(22)24(30)28-12-4-5-13-28)26-23(29)19-6-2-3-7-21(19)25/h2-3,6-9,16-17H,4-5,10-15H2,1H3,(H,26,29). The smallest absolute Gasteiger partial charge is 0.258 e.